The van der Waals surface area contributed by atoms with E-state index in [1.165, 1.54) is 6.08 Å². The van der Waals surface area contributed by atoms with E-state index in [9.17, 15) is 15.0 Å². The monoisotopic (exact) mass is 297 g/mol. The van der Waals surface area contributed by atoms with Crippen LogP contribution in [0.15, 0.2) is 60.7 Å². The lowest BCUT2D eigenvalue weighted by molar-refractivity contribution is -0.117. The van der Waals surface area contributed by atoms with Crippen LogP contribution in [0.25, 0.3) is 6.08 Å². The summed E-state index contributed by atoms with van der Waals surface area (Å²) in [5.74, 6) is -0.0548. The zero-order valence-corrected chi connectivity index (χ0v) is 12.1. The second kappa shape index (κ2) is 8.00. The number of rotatable bonds is 6. The number of hydrogen-bond donors (Lipinski definition) is 3. The third kappa shape index (κ3) is 5.07. The van der Waals surface area contributed by atoms with Gasteiger partial charge in [-0.1, -0.05) is 42.5 Å². The Morgan fingerprint density at radius 3 is 2.41 bits per heavy atom. The topological polar surface area (TPSA) is 69.6 Å². The summed E-state index contributed by atoms with van der Waals surface area (Å²) in [6, 6.07) is 15.9. The normalized spacial score (nSPS) is 12.2. The van der Waals surface area contributed by atoms with Crippen molar-refractivity contribution < 1.29 is 15.0 Å². The van der Waals surface area contributed by atoms with E-state index in [1.54, 1.807) is 30.3 Å². The Kier molecular flexibility index (Phi) is 5.74. The molecule has 114 valence electrons. The Balaban J connectivity index is 1.90. The first-order valence-corrected chi connectivity index (χ1v) is 7.10. The van der Waals surface area contributed by atoms with E-state index in [4.69, 9.17) is 0 Å². The number of aromatic hydroxyl groups is 1. The van der Waals surface area contributed by atoms with Gasteiger partial charge in [0.1, 0.15) is 5.75 Å². The maximum atomic E-state index is 11.9. The number of aliphatic hydroxyl groups excluding tert-OH is 1. The van der Waals surface area contributed by atoms with Gasteiger partial charge in [0.2, 0.25) is 5.91 Å². The fraction of sp³-hybridized carbons (Fsp3) is 0.167. The molecule has 0 saturated carbocycles. The molecule has 0 heterocycles. The van der Waals surface area contributed by atoms with Crippen LogP contribution in [0.1, 0.15) is 11.1 Å². The quantitative estimate of drug-likeness (QED) is 0.715. The van der Waals surface area contributed by atoms with Crippen LogP contribution in [-0.4, -0.2) is 28.8 Å². The Bertz CT molecular complexity index is 621. The first-order chi connectivity index (χ1) is 10.7. The number of phenols is 1. The van der Waals surface area contributed by atoms with Crippen molar-refractivity contribution in [3.8, 4) is 5.75 Å². The van der Waals surface area contributed by atoms with Gasteiger partial charge in [-0.3, -0.25) is 4.79 Å². The fourth-order valence-electron chi connectivity index (χ4n) is 2.06. The molecule has 2 aromatic rings. The number of hydrogen-bond acceptors (Lipinski definition) is 3. The molecule has 4 nitrogen and oxygen atoms in total. The van der Waals surface area contributed by atoms with Crippen molar-refractivity contribution in [3.63, 3.8) is 0 Å². The van der Waals surface area contributed by atoms with Crippen LogP contribution >= 0.6 is 0 Å². The molecule has 0 aliphatic carbocycles. The van der Waals surface area contributed by atoms with Crippen LogP contribution in [0.4, 0.5) is 0 Å². The summed E-state index contributed by atoms with van der Waals surface area (Å²) < 4.78 is 0. The molecular weight excluding hydrogens is 278 g/mol. The number of nitrogens with one attached hydrogen (secondary N) is 1. The average molecular weight is 297 g/mol. The minimum atomic E-state index is -0.363. The van der Waals surface area contributed by atoms with Gasteiger partial charge in [0.15, 0.2) is 0 Å². The zero-order valence-electron chi connectivity index (χ0n) is 12.1. The molecule has 4 heteroatoms. The highest BCUT2D eigenvalue weighted by molar-refractivity contribution is 5.91. The number of aliphatic hydroxyl groups is 1. The first-order valence-electron chi connectivity index (χ1n) is 7.10. The lowest BCUT2D eigenvalue weighted by Crippen LogP contribution is -2.38. The Morgan fingerprint density at radius 2 is 1.77 bits per heavy atom. The standard InChI is InChI=1S/C18H19NO3/c20-13-16(12-15-6-9-17(21)10-7-15)19-18(22)11-8-14-4-2-1-3-5-14/h1-11,16,20-21H,12-13H2,(H,19,22)/b11-8+/t16-/m1/s1. The van der Waals surface area contributed by atoms with Gasteiger partial charge < -0.3 is 15.5 Å². The Labute approximate surface area is 129 Å². The lowest BCUT2D eigenvalue weighted by atomic mass is 10.1. The van der Waals surface area contributed by atoms with Crippen LogP contribution in [0.3, 0.4) is 0 Å². The predicted octanol–water partition coefficient (Wildman–Crippen LogP) is 2.13. The van der Waals surface area contributed by atoms with Crippen molar-refractivity contribution in [3.05, 3.63) is 71.8 Å². The van der Waals surface area contributed by atoms with Gasteiger partial charge in [-0.15, -0.1) is 0 Å². The molecule has 0 aliphatic rings. The van der Waals surface area contributed by atoms with Crippen LogP contribution in [-0.2, 0) is 11.2 Å². The molecule has 2 aromatic carbocycles. The molecule has 2 rings (SSSR count). The molecule has 1 amide bonds. The summed E-state index contributed by atoms with van der Waals surface area (Å²) in [6.07, 6.45) is 3.68. The maximum Gasteiger partial charge on any atom is 0.244 e. The molecule has 0 aliphatic heterocycles. The van der Waals surface area contributed by atoms with Crippen molar-refractivity contribution in [2.24, 2.45) is 0 Å². The molecule has 0 aromatic heterocycles. The van der Waals surface area contributed by atoms with E-state index >= 15 is 0 Å². The highest BCUT2D eigenvalue weighted by Gasteiger charge is 2.10. The van der Waals surface area contributed by atoms with E-state index in [0.717, 1.165) is 11.1 Å². The second-order valence-electron chi connectivity index (χ2n) is 5.00. The van der Waals surface area contributed by atoms with Gasteiger partial charge in [-0.2, -0.15) is 0 Å². The number of carbonyl (C=O) groups is 1. The van der Waals surface area contributed by atoms with E-state index < -0.39 is 0 Å². The molecule has 0 unspecified atom stereocenters. The van der Waals surface area contributed by atoms with Crippen molar-refractivity contribution in [2.45, 2.75) is 12.5 Å². The third-order valence-corrected chi connectivity index (χ3v) is 3.21. The summed E-state index contributed by atoms with van der Waals surface area (Å²) >= 11 is 0. The molecule has 0 spiro atoms. The van der Waals surface area contributed by atoms with Crippen LogP contribution in [0.5, 0.6) is 5.75 Å². The number of amides is 1. The number of phenolic OH excluding ortho intramolecular Hbond substituents is 1. The van der Waals surface area contributed by atoms with Gasteiger partial charge in [-0.25, -0.2) is 0 Å². The number of benzene rings is 2. The van der Waals surface area contributed by atoms with Crippen LogP contribution in [0, 0.1) is 0 Å². The van der Waals surface area contributed by atoms with Gasteiger partial charge >= 0.3 is 0 Å². The molecule has 0 saturated heterocycles. The van der Waals surface area contributed by atoms with Crippen molar-refractivity contribution in [1.82, 2.24) is 5.32 Å². The molecule has 3 N–H and O–H groups in total. The van der Waals surface area contributed by atoms with E-state index in [1.807, 2.05) is 30.3 Å². The molecule has 0 radical (unpaired) electrons. The summed E-state index contributed by atoms with van der Waals surface area (Å²) in [5, 5.41) is 21.4. The average Bonchev–Trinajstić information content (AvgIpc) is 2.55. The molecule has 0 bridgehead atoms. The van der Waals surface area contributed by atoms with E-state index in [0.29, 0.717) is 6.42 Å². The van der Waals surface area contributed by atoms with Gasteiger partial charge in [0.25, 0.3) is 0 Å². The van der Waals surface area contributed by atoms with E-state index in [2.05, 4.69) is 5.32 Å². The molecule has 0 fully saturated rings. The highest BCUT2D eigenvalue weighted by atomic mass is 16.3. The molecule has 22 heavy (non-hydrogen) atoms. The van der Waals surface area contributed by atoms with Crippen molar-refractivity contribution in [2.75, 3.05) is 6.61 Å². The Morgan fingerprint density at radius 1 is 1.09 bits per heavy atom. The summed E-state index contributed by atoms with van der Waals surface area (Å²) in [7, 11) is 0. The van der Waals surface area contributed by atoms with Gasteiger partial charge in [0, 0.05) is 6.08 Å². The largest absolute Gasteiger partial charge is 0.508 e. The first kappa shape index (κ1) is 15.8. The predicted molar refractivity (Wildman–Crippen MR) is 86.3 cm³/mol. The van der Waals surface area contributed by atoms with E-state index in [-0.39, 0.29) is 24.3 Å². The summed E-state index contributed by atoms with van der Waals surface area (Å²) in [5.41, 5.74) is 1.88. The summed E-state index contributed by atoms with van der Waals surface area (Å²) in [6.45, 7) is -0.147. The molecular formula is C18H19NO3. The smallest absolute Gasteiger partial charge is 0.244 e. The van der Waals surface area contributed by atoms with Gasteiger partial charge in [-0.05, 0) is 35.8 Å². The van der Waals surface area contributed by atoms with Crippen LogP contribution < -0.4 is 5.32 Å². The van der Waals surface area contributed by atoms with Gasteiger partial charge in [0.05, 0.1) is 12.6 Å². The number of carbonyl (C=O) groups excluding carboxylic acids is 1. The van der Waals surface area contributed by atoms with Crippen molar-refractivity contribution in [1.29, 1.82) is 0 Å². The summed E-state index contributed by atoms with van der Waals surface area (Å²) in [4.78, 5) is 11.9. The SMILES string of the molecule is O=C(/C=C/c1ccccc1)N[C@@H](CO)Cc1ccc(O)cc1. The Hall–Kier alpha value is -2.59. The maximum absolute atomic E-state index is 11.9. The fourth-order valence-corrected chi connectivity index (χ4v) is 2.06. The van der Waals surface area contributed by atoms with Crippen molar-refractivity contribution >= 4 is 12.0 Å². The zero-order chi connectivity index (χ0) is 15.8. The second-order valence-corrected chi connectivity index (χ2v) is 5.00. The molecule has 1 atom stereocenters. The minimum Gasteiger partial charge on any atom is -0.508 e. The minimum absolute atomic E-state index is 0.147. The third-order valence-electron chi connectivity index (χ3n) is 3.21. The highest BCUT2D eigenvalue weighted by Crippen LogP contribution is 2.11. The van der Waals surface area contributed by atoms with Crippen LogP contribution in [0.2, 0.25) is 0 Å². The lowest BCUT2D eigenvalue weighted by Gasteiger charge is -2.15.